The second kappa shape index (κ2) is 6.77. The summed E-state index contributed by atoms with van der Waals surface area (Å²) in [6.07, 6.45) is -0.232. The van der Waals surface area contributed by atoms with Gasteiger partial charge in [-0.1, -0.05) is 34.8 Å². The highest BCUT2D eigenvalue weighted by Crippen LogP contribution is 2.29. The Balaban J connectivity index is 1.78. The van der Waals surface area contributed by atoms with Gasteiger partial charge in [0.05, 0.1) is 22.4 Å². The van der Waals surface area contributed by atoms with Crippen molar-refractivity contribution < 1.29 is 9.53 Å². The van der Waals surface area contributed by atoms with Crippen molar-refractivity contribution in [2.24, 2.45) is 0 Å². The Morgan fingerprint density at radius 3 is 2.55 bits per heavy atom. The zero-order valence-corrected chi connectivity index (χ0v) is 14.5. The van der Waals surface area contributed by atoms with E-state index in [0.717, 1.165) is 5.56 Å². The topological polar surface area (TPSA) is 29.5 Å². The summed E-state index contributed by atoms with van der Waals surface area (Å²) in [4.78, 5) is 14.9. The summed E-state index contributed by atoms with van der Waals surface area (Å²) >= 11 is 19.2. The van der Waals surface area contributed by atoms with Gasteiger partial charge in [-0.25, -0.2) is 0 Å². The third-order valence-electron chi connectivity index (χ3n) is 3.39. The molecule has 7 heteroatoms. The van der Waals surface area contributed by atoms with Crippen LogP contribution in [-0.2, 0) is 4.74 Å². The van der Waals surface area contributed by atoms with Crippen molar-refractivity contribution >= 4 is 52.0 Å². The number of hydrogen-bond donors (Lipinski definition) is 0. The molecule has 1 fully saturated rings. The molecule has 1 aromatic heterocycles. The lowest BCUT2D eigenvalue weighted by molar-refractivity contribution is -0.0226. The molecule has 1 saturated heterocycles. The number of halogens is 3. The maximum atomic E-state index is 12.5. The van der Waals surface area contributed by atoms with Gasteiger partial charge >= 0.3 is 0 Å². The van der Waals surface area contributed by atoms with E-state index in [1.807, 2.05) is 12.1 Å². The van der Waals surface area contributed by atoms with E-state index >= 15 is 0 Å². The molecule has 3 rings (SSSR count). The lowest BCUT2D eigenvalue weighted by Gasteiger charge is -2.33. The van der Waals surface area contributed by atoms with Gasteiger partial charge in [-0.3, -0.25) is 4.79 Å². The summed E-state index contributed by atoms with van der Waals surface area (Å²) < 4.78 is 6.37. The minimum Gasteiger partial charge on any atom is -0.370 e. The third kappa shape index (κ3) is 3.58. The van der Waals surface area contributed by atoms with Crippen molar-refractivity contribution in [1.82, 2.24) is 4.90 Å². The van der Waals surface area contributed by atoms with Crippen molar-refractivity contribution in [2.45, 2.75) is 6.10 Å². The molecule has 1 aliphatic heterocycles. The largest absolute Gasteiger partial charge is 0.370 e. The predicted octanol–water partition coefficient (Wildman–Crippen LogP) is 4.92. The number of benzene rings is 1. The zero-order valence-electron chi connectivity index (χ0n) is 11.4. The van der Waals surface area contributed by atoms with E-state index in [1.165, 1.54) is 11.3 Å². The lowest BCUT2D eigenvalue weighted by atomic mass is 10.1. The number of morpholine rings is 1. The molecule has 0 spiro atoms. The molecular weight excluding hydrogens is 365 g/mol. The normalized spacial score (nSPS) is 18.5. The Bertz CT molecular complexity index is 684. The quantitative estimate of drug-likeness (QED) is 0.744. The van der Waals surface area contributed by atoms with E-state index in [9.17, 15) is 4.79 Å². The SMILES string of the molecule is O=C(c1ccc(Cl)s1)N1CCOC(c2cc(Cl)cc(Cl)c2)C1. The number of rotatable bonds is 2. The fourth-order valence-corrected chi connectivity index (χ4v) is 3.94. The number of thiophene rings is 1. The van der Waals surface area contributed by atoms with Crippen LogP contribution in [0.1, 0.15) is 21.3 Å². The summed E-state index contributed by atoms with van der Waals surface area (Å²) in [6, 6.07) is 8.78. The van der Waals surface area contributed by atoms with Gasteiger partial charge in [0, 0.05) is 16.6 Å². The molecule has 2 aromatic rings. The molecule has 0 radical (unpaired) electrons. The van der Waals surface area contributed by atoms with Crippen LogP contribution in [-0.4, -0.2) is 30.5 Å². The fraction of sp³-hybridized carbons (Fsp3) is 0.267. The van der Waals surface area contributed by atoms with Gasteiger partial charge in [0.25, 0.3) is 5.91 Å². The van der Waals surface area contributed by atoms with E-state index in [2.05, 4.69) is 0 Å². The lowest BCUT2D eigenvalue weighted by Crippen LogP contribution is -2.42. The van der Waals surface area contributed by atoms with Gasteiger partial charge in [0.1, 0.15) is 6.10 Å². The van der Waals surface area contributed by atoms with Crippen molar-refractivity contribution in [3.63, 3.8) is 0 Å². The van der Waals surface area contributed by atoms with Gasteiger partial charge in [-0.15, -0.1) is 11.3 Å². The van der Waals surface area contributed by atoms with Gasteiger partial charge in [-0.2, -0.15) is 0 Å². The first-order chi connectivity index (χ1) is 10.5. The number of carbonyl (C=O) groups is 1. The Morgan fingerprint density at radius 2 is 1.91 bits per heavy atom. The highest BCUT2D eigenvalue weighted by Gasteiger charge is 2.27. The maximum Gasteiger partial charge on any atom is 0.264 e. The van der Waals surface area contributed by atoms with Crippen molar-refractivity contribution in [3.05, 3.63) is 55.2 Å². The smallest absolute Gasteiger partial charge is 0.264 e. The molecular formula is C15H12Cl3NO2S. The highest BCUT2D eigenvalue weighted by molar-refractivity contribution is 7.17. The van der Waals surface area contributed by atoms with E-state index in [-0.39, 0.29) is 12.0 Å². The van der Waals surface area contributed by atoms with Crippen molar-refractivity contribution in [1.29, 1.82) is 0 Å². The minimum atomic E-state index is -0.232. The summed E-state index contributed by atoms with van der Waals surface area (Å²) in [5.74, 6) is -0.0293. The second-order valence-electron chi connectivity index (χ2n) is 4.92. The first-order valence-electron chi connectivity index (χ1n) is 6.65. The molecule has 1 unspecified atom stereocenters. The molecule has 1 aliphatic rings. The average molecular weight is 377 g/mol. The first-order valence-corrected chi connectivity index (χ1v) is 8.60. The maximum absolute atomic E-state index is 12.5. The summed E-state index contributed by atoms with van der Waals surface area (Å²) in [5, 5.41) is 1.11. The number of amides is 1. The second-order valence-corrected chi connectivity index (χ2v) is 7.51. The van der Waals surface area contributed by atoms with Crippen molar-refractivity contribution in [3.8, 4) is 0 Å². The molecule has 22 heavy (non-hydrogen) atoms. The molecule has 1 atom stereocenters. The van der Waals surface area contributed by atoms with Crippen LogP contribution >= 0.6 is 46.1 Å². The van der Waals surface area contributed by atoms with Gasteiger partial charge < -0.3 is 9.64 Å². The zero-order chi connectivity index (χ0) is 15.7. The number of hydrogen-bond acceptors (Lipinski definition) is 3. The molecule has 0 bridgehead atoms. The van der Waals surface area contributed by atoms with Crippen molar-refractivity contribution in [2.75, 3.05) is 19.7 Å². The predicted molar refractivity (Wildman–Crippen MR) is 90.4 cm³/mol. The Kier molecular flexibility index (Phi) is 4.95. The highest BCUT2D eigenvalue weighted by atomic mass is 35.5. The molecule has 1 aromatic carbocycles. The molecule has 2 heterocycles. The molecule has 3 nitrogen and oxygen atoms in total. The molecule has 0 saturated carbocycles. The van der Waals surface area contributed by atoms with Crippen LogP contribution in [0.5, 0.6) is 0 Å². The van der Waals surface area contributed by atoms with Crippen LogP contribution < -0.4 is 0 Å². The monoisotopic (exact) mass is 375 g/mol. The number of carbonyl (C=O) groups excluding carboxylic acids is 1. The van der Waals surface area contributed by atoms with E-state index < -0.39 is 0 Å². The van der Waals surface area contributed by atoms with Crippen LogP contribution in [0.3, 0.4) is 0 Å². The van der Waals surface area contributed by atoms with Crippen LogP contribution in [0, 0.1) is 0 Å². The summed E-state index contributed by atoms with van der Waals surface area (Å²) in [7, 11) is 0. The third-order valence-corrected chi connectivity index (χ3v) is 5.05. The van der Waals surface area contributed by atoms with Crippen LogP contribution in [0.25, 0.3) is 0 Å². The van der Waals surface area contributed by atoms with Crippen LogP contribution in [0.4, 0.5) is 0 Å². The van der Waals surface area contributed by atoms with Gasteiger partial charge in [0.15, 0.2) is 0 Å². The average Bonchev–Trinajstić information content (AvgIpc) is 2.92. The molecule has 116 valence electrons. The molecule has 1 amide bonds. The number of nitrogens with zero attached hydrogens (tertiary/aromatic N) is 1. The summed E-state index contributed by atoms with van der Waals surface area (Å²) in [6.45, 7) is 1.49. The molecule has 0 N–H and O–H groups in total. The first kappa shape index (κ1) is 16.1. The number of ether oxygens (including phenoxy) is 1. The Morgan fingerprint density at radius 1 is 1.18 bits per heavy atom. The molecule has 0 aliphatic carbocycles. The van der Waals surface area contributed by atoms with E-state index in [0.29, 0.717) is 39.0 Å². The van der Waals surface area contributed by atoms with E-state index in [1.54, 1.807) is 23.1 Å². The van der Waals surface area contributed by atoms with Crippen LogP contribution in [0.2, 0.25) is 14.4 Å². The Hall–Kier alpha value is -0.780. The minimum absolute atomic E-state index is 0.0293. The van der Waals surface area contributed by atoms with Crippen LogP contribution in [0.15, 0.2) is 30.3 Å². The van der Waals surface area contributed by atoms with E-state index in [4.69, 9.17) is 39.5 Å². The standard InChI is InChI=1S/C15H12Cl3NO2S/c16-10-5-9(6-11(17)7-10)12-8-19(3-4-21-12)15(20)13-1-2-14(18)22-13/h1-2,5-7,12H,3-4,8H2. The van der Waals surface area contributed by atoms with Gasteiger partial charge in [0.2, 0.25) is 0 Å². The van der Waals surface area contributed by atoms with Gasteiger partial charge in [-0.05, 0) is 35.9 Å². The summed E-state index contributed by atoms with van der Waals surface area (Å²) in [5.41, 5.74) is 0.874. The Labute approximate surface area is 147 Å². The fourth-order valence-electron chi connectivity index (χ4n) is 2.38.